The van der Waals surface area contributed by atoms with Crippen molar-refractivity contribution < 1.29 is 17.9 Å². The zero-order chi connectivity index (χ0) is 13.8. The highest BCUT2D eigenvalue weighted by Gasteiger charge is 2.31. The molecule has 0 aliphatic rings. The second-order valence-corrected chi connectivity index (χ2v) is 5.77. The van der Waals surface area contributed by atoms with E-state index in [0.717, 1.165) is 18.5 Å². The molecule has 2 N–H and O–H groups in total. The summed E-state index contributed by atoms with van der Waals surface area (Å²) < 4.78 is 39.5. The SMILES string of the molecule is CCC(CC)(CO)NS(=O)(=O)c1cncc(F)c1. The van der Waals surface area contributed by atoms with Crippen LogP contribution < -0.4 is 4.72 Å². The predicted octanol–water partition coefficient (Wildman–Crippen LogP) is 1.05. The van der Waals surface area contributed by atoms with Gasteiger partial charge in [0.25, 0.3) is 0 Å². The second-order valence-electron chi connectivity index (χ2n) is 4.09. The Morgan fingerprint density at radius 3 is 2.44 bits per heavy atom. The number of halogens is 1. The van der Waals surface area contributed by atoms with E-state index in [0.29, 0.717) is 12.8 Å². The van der Waals surface area contributed by atoms with Gasteiger partial charge in [-0.2, -0.15) is 0 Å². The summed E-state index contributed by atoms with van der Waals surface area (Å²) in [6.07, 6.45) is 2.86. The van der Waals surface area contributed by atoms with Gasteiger partial charge in [-0.15, -0.1) is 0 Å². The minimum atomic E-state index is -3.89. The van der Waals surface area contributed by atoms with Crippen LogP contribution in [0.3, 0.4) is 0 Å². The van der Waals surface area contributed by atoms with Crippen molar-refractivity contribution in [3.63, 3.8) is 0 Å². The standard InChI is InChI=1S/C11H17FN2O3S/c1-3-11(4-2,8-15)14-18(16,17)10-5-9(12)6-13-7-10/h5-7,14-15H,3-4,8H2,1-2H3. The Balaban J connectivity index is 3.08. The maximum Gasteiger partial charge on any atom is 0.242 e. The van der Waals surface area contributed by atoms with Crippen molar-refractivity contribution in [1.29, 1.82) is 0 Å². The van der Waals surface area contributed by atoms with Gasteiger partial charge in [0.05, 0.1) is 18.3 Å². The Morgan fingerprint density at radius 2 is 2.00 bits per heavy atom. The number of aromatic nitrogens is 1. The molecule has 18 heavy (non-hydrogen) atoms. The van der Waals surface area contributed by atoms with Gasteiger partial charge in [0.1, 0.15) is 10.7 Å². The lowest BCUT2D eigenvalue weighted by Gasteiger charge is -2.30. The molecule has 0 saturated heterocycles. The molecule has 1 aromatic heterocycles. The lowest BCUT2D eigenvalue weighted by atomic mass is 9.96. The van der Waals surface area contributed by atoms with Crippen LogP contribution in [0.15, 0.2) is 23.4 Å². The summed E-state index contributed by atoms with van der Waals surface area (Å²) in [6, 6.07) is 0.892. The van der Waals surface area contributed by atoms with E-state index in [1.807, 2.05) is 0 Å². The van der Waals surface area contributed by atoms with Crippen molar-refractivity contribution in [2.75, 3.05) is 6.61 Å². The number of hydrogen-bond acceptors (Lipinski definition) is 4. The lowest BCUT2D eigenvalue weighted by molar-refractivity contribution is 0.172. The molecule has 0 bridgehead atoms. The molecule has 7 heteroatoms. The quantitative estimate of drug-likeness (QED) is 0.814. The maximum absolute atomic E-state index is 13.0. The van der Waals surface area contributed by atoms with Crippen LogP contribution in [0.2, 0.25) is 0 Å². The van der Waals surface area contributed by atoms with Crippen LogP contribution in [0.25, 0.3) is 0 Å². The molecule has 0 aromatic carbocycles. The Bertz CT molecular complexity index is 493. The molecule has 0 atom stereocenters. The summed E-state index contributed by atoms with van der Waals surface area (Å²) in [6.45, 7) is 3.22. The first kappa shape index (κ1) is 15.0. The van der Waals surface area contributed by atoms with Crippen LogP contribution in [-0.2, 0) is 10.0 Å². The van der Waals surface area contributed by atoms with Crippen molar-refractivity contribution in [3.8, 4) is 0 Å². The minimum absolute atomic E-state index is 0.248. The third kappa shape index (κ3) is 3.24. The molecule has 1 aromatic rings. The number of sulfonamides is 1. The fraction of sp³-hybridized carbons (Fsp3) is 0.545. The first-order valence-corrected chi connectivity index (χ1v) is 7.13. The summed E-state index contributed by atoms with van der Waals surface area (Å²) in [4.78, 5) is 3.25. The summed E-state index contributed by atoms with van der Waals surface area (Å²) in [5, 5.41) is 9.32. The zero-order valence-electron chi connectivity index (χ0n) is 10.4. The van der Waals surface area contributed by atoms with Gasteiger partial charge < -0.3 is 5.11 Å². The smallest absolute Gasteiger partial charge is 0.242 e. The molecular weight excluding hydrogens is 259 g/mol. The average Bonchev–Trinajstić information content (AvgIpc) is 2.36. The molecule has 0 aliphatic carbocycles. The lowest BCUT2D eigenvalue weighted by Crippen LogP contribution is -2.50. The Labute approximate surface area is 106 Å². The second kappa shape index (κ2) is 5.73. The molecule has 0 unspecified atom stereocenters. The van der Waals surface area contributed by atoms with Gasteiger partial charge in [0, 0.05) is 6.20 Å². The highest BCUT2D eigenvalue weighted by molar-refractivity contribution is 7.89. The molecule has 0 aliphatic heterocycles. The van der Waals surface area contributed by atoms with Gasteiger partial charge >= 0.3 is 0 Å². The van der Waals surface area contributed by atoms with E-state index in [9.17, 15) is 17.9 Å². The van der Waals surface area contributed by atoms with Crippen LogP contribution in [0.1, 0.15) is 26.7 Å². The molecule has 1 heterocycles. The molecule has 0 radical (unpaired) electrons. The number of nitrogens with one attached hydrogen (secondary N) is 1. The first-order chi connectivity index (χ1) is 8.39. The normalized spacial score (nSPS) is 12.7. The number of pyridine rings is 1. The highest BCUT2D eigenvalue weighted by Crippen LogP contribution is 2.19. The minimum Gasteiger partial charge on any atom is -0.394 e. The van der Waals surface area contributed by atoms with E-state index in [1.54, 1.807) is 13.8 Å². The van der Waals surface area contributed by atoms with E-state index in [4.69, 9.17) is 0 Å². The Morgan fingerprint density at radius 1 is 1.39 bits per heavy atom. The zero-order valence-corrected chi connectivity index (χ0v) is 11.2. The maximum atomic E-state index is 13.0. The number of aliphatic hydroxyl groups excluding tert-OH is 1. The van der Waals surface area contributed by atoms with E-state index in [2.05, 4.69) is 9.71 Å². The topological polar surface area (TPSA) is 79.3 Å². The van der Waals surface area contributed by atoms with Crippen molar-refractivity contribution in [1.82, 2.24) is 9.71 Å². The molecule has 5 nitrogen and oxygen atoms in total. The van der Waals surface area contributed by atoms with Gasteiger partial charge in [0.15, 0.2) is 0 Å². The van der Waals surface area contributed by atoms with Gasteiger partial charge in [0.2, 0.25) is 10.0 Å². The van der Waals surface area contributed by atoms with Crippen LogP contribution in [-0.4, -0.2) is 30.7 Å². The third-order valence-corrected chi connectivity index (χ3v) is 4.54. The van der Waals surface area contributed by atoms with Crippen LogP contribution in [0, 0.1) is 5.82 Å². The number of hydrogen-bond donors (Lipinski definition) is 2. The molecule has 0 saturated carbocycles. The first-order valence-electron chi connectivity index (χ1n) is 5.64. The largest absolute Gasteiger partial charge is 0.394 e. The summed E-state index contributed by atoms with van der Waals surface area (Å²) >= 11 is 0. The number of nitrogens with zero attached hydrogens (tertiary/aromatic N) is 1. The predicted molar refractivity (Wildman–Crippen MR) is 64.9 cm³/mol. The Hall–Kier alpha value is -1.05. The fourth-order valence-corrected chi connectivity index (χ4v) is 3.04. The van der Waals surface area contributed by atoms with Crippen molar-refractivity contribution in [2.24, 2.45) is 0 Å². The van der Waals surface area contributed by atoms with Crippen LogP contribution in [0.5, 0.6) is 0 Å². The van der Waals surface area contributed by atoms with Gasteiger partial charge in [-0.05, 0) is 18.9 Å². The number of rotatable bonds is 6. The van der Waals surface area contributed by atoms with E-state index in [1.165, 1.54) is 0 Å². The van der Waals surface area contributed by atoms with E-state index >= 15 is 0 Å². The monoisotopic (exact) mass is 276 g/mol. The summed E-state index contributed by atoms with van der Waals surface area (Å²) in [5.74, 6) is -0.722. The molecule has 0 amide bonds. The van der Waals surface area contributed by atoms with Crippen LogP contribution >= 0.6 is 0 Å². The number of aliphatic hydroxyl groups is 1. The molecule has 1 rings (SSSR count). The Kier molecular flexibility index (Phi) is 4.78. The molecular formula is C11H17FN2O3S. The average molecular weight is 276 g/mol. The van der Waals surface area contributed by atoms with Crippen LogP contribution in [0.4, 0.5) is 4.39 Å². The van der Waals surface area contributed by atoms with Gasteiger partial charge in [-0.3, -0.25) is 4.98 Å². The fourth-order valence-electron chi connectivity index (χ4n) is 1.53. The molecule has 0 spiro atoms. The highest BCUT2D eigenvalue weighted by atomic mass is 32.2. The van der Waals surface area contributed by atoms with Crippen molar-refractivity contribution >= 4 is 10.0 Å². The van der Waals surface area contributed by atoms with Crippen molar-refractivity contribution in [3.05, 3.63) is 24.3 Å². The third-order valence-electron chi connectivity index (χ3n) is 3.00. The molecule has 0 fully saturated rings. The molecule has 102 valence electrons. The van der Waals surface area contributed by atoms with Gasteiger partial charge in [-0.25, -0.2) is 17.5 Å². The summed E-state index contributed by atoms with van der Waals surface area (Å²) in [5.41, 5.74) is -0.925. The summed E-state index contributed by atoms with van der Waals surface area (Å²) in [7, 11) is -3.89. The van der Waals surface area contributed by atoms with Gasteiger partial charge in [-0.1, -0.05) is 13.8 Å². The van der Waals surface area contributed by atoms with Crippen molar-refractivity contribution in [2.45, 2.75) is 37.1 Å². The van der Waals surface area contributed by atoms with E-state index in [-0.39, 0.29) is 11.5 Å². The van der Waals surface area contributed by atoms with E-state index < -0.39 is 21.4 Å².